The van der Waals surface area contributed by atoms with Crippen LogP contribution in [0.15, 0.2) is 17.5 Å². The molecule has 1 aromatic heterocycles. The molecule has 76 valence electrons. The number of hydrogen-bond acceptors (Lipinski definition) is 4. The molecular weight excluding hydrogens is 200 g/mol. The Kier molecular flexibility index (Phi) is 2.54. The molecule has 0 spiro atoms. The summed E-state index contributed by atoms with van der Waals surface area (Å²) in [6.45, 7) is 1.20. The maximum atomic E-state index is 11.8. The van der Waals surface area contributed by atoms with E-state index in [1.807, 2.05) is 17.5 Å². The van der Waals surface area contributed by atoms with Gasteiger partial charge in [-0.3, -0.25) is 4.79 Å². The molecule has 0 aliphatic carbocycles. The summed E-state index contributed by atoms with van der Waals surface area (Å²) in [6, 6.07) is 3.76. The first-order valence-corrected chi connectivity index (χ1v) is 5.28. The van der Waals surface area contributed by atoms with Crippen LogP contribution in [-0.2, 0) is 9.53 Å². The van der Waals surface area contributed by atoms with Gasteiger partial charge in [-0.05, 0) is 17.5 Å². The molecule has 0 saturated carbocycles. The Labute approximate surface area is 86.1 Å². The molecule has 1 aromatic rings. The number of thiophene rings is 1. The topological polar surface area (TPSA) is 64.4 Å². The van der Waals surface area contributed by atoms with Crippen molar-refractivity contribution < 1.29 is 9.53 Å². The molecule has 5 heteroatoms. The standard InChI is InChI=1S/C9H12N2O2S/c10-4-9(5-13-6-9)8(12)11-7-2-1-3-14-7/h1-3H,4-6,10H2,(H,11,12). The molecule has 0 unspecified atom stereocenters. The summed E-state index contributed by atoms with van der Waals surface area (Å²) >= 11 is 1.50. The van der Waals surface area contributed by atoms with Crippen LogP contribution in [0.25, 0.3) is 0 Å². The van der Waals surface area contributed by atoms with Crippen molar-refractivity contribution in [2.24, 2.45) is 11.1 Å². The first-order chi connectivity index (χ1) is 6.77. The van der Waals surface area contributed by atoms with E-state index in [0.717, 1.165) is 5.00 Å². The highest BCUT2D eigenvalue weighted by Gasteiger charge is 2.44. The zero-order valence-corrected chi connectivity index (χ0v) is 8.47. The van der Waals surface area contributed by atoms with Crippen molar-refractivity contribution >= 4 is 22.2 Å². The van der Waals surface area contributed by atoms with E-state index in [4.69, 9.17) is 10.5 Å². The van der Waals surface area contributed by atoms with E-state index in [9.17, 15) is 4.79 Å². The number of nitrogens with two attached hydrogens (primary N) is 1. The molecule has 14 heavy (non-hydrogen) atoms. The van der Waals surface area contributed by atoms with Crippen LogP contribution < -0.4 is 11.1 Å². The number of anilines is 1. The molecule has 0 radical (unpaired) electrons. The molecule has 1 aliphatic rings. The summed E-state index contributed by atoms with van der Waals surface area (Å²) in [5.41, 5.74) is 5.07. The average Bonchev–Trinajstić information content (AvgIpc) is 2.55. The van der Waals surface area contributed by atoms with Crippen molar-refractivity contribution in [3.05, 3.63) is 17.5 Å². The van der Waals surface area contributed by atoms with Crippen LogP contribution in [-0.4, -0.2) is 25.7 Å². The Morgan fingerprint density at radius 2 is 2.50 bits per heavy atom. The van der Waals surface area contributed by atoms with Gasteiger partial charge in [0.05, 0.1) is 18.2 Å². The maximum absolute atomic E-state index is 11.8. The molecule has 1 aliphatic heterocycles. The number of carbonyl (C=O) groups is 1. The van der Waals surface area contributed by atoms with E-state index in [-0.39, 0.29) is 5.91 Å². The van der Waals surface area contributed by atoms with Crippen molar-refractivity contribution in [2.45, 2.75) is 0 Å². The summed E-state index contributed by atoms with van der Waals surface area (Å²) in [5, 5.41) is 5.61. The highest BCUT2D eigenvalue weighted by atomic mass is 32.1. The van der Waals surface area contributed by atoms with E-state index in [0.29, 0.717) is 19.8 Å². The number of carbonyl (C=O) groups excluding carboxylic acids is 1. The zero-order chi connectivity index (χ0) is 10.0. The first-order valence-electron chi connectivity index (χ1n) is 4.40. The van der Waals surface area contributed by atoms with Gasteiger partial charge in [-0.1, -0.05) is 0 Å². The third kappa shape index (κ3) is 1.54. The largest absolute Gasteiger partial charge is 0.379 e. The second-order valence-electron chi connectivity index (χ2n) is 3.41. The molecule has 0 atom stereocenters. The van der Waals surface area contributed by atoms with Crippen molar-refractivity contribution in [3.63, 3.8) is 0 Å². The zero-order valence-electron chi connectivity index (χ0n) is 7.66. The lowest BCUT2D eigenvalue weighted by molar-refractivity contribution is -0.153. The van der Waals surface area contributed by atoms with Crippen molar-refractivity contribution in [1.29, 1.82) is 0 Å². The van der Waals surface area contributed by atoms with E-state index in [1.165, 1.54) is 11.3 Å². The number of rotatable bonds is 3. The molecule has 1 saturated heterocycles. The summed E-state index contributed by atoms with van der Waals surface area (Å²) in [6.07, 6.45) is 0. The lowest BCUT2D eigenvalue weighted by Crippen LogP contribution is -2.56. The fraction of sp³-hybridized carbons (Fsp3) is 0.444. The predicted octanol–water partition coefficient (Wildman–Crippen LogP) is 0.662. The number of hydrogen-bond donors (Lipinski definition) is 2. The minimum atomic E-state index is -0.496. The number of amides is 1. The minimum absolute atomic E-state index is 0.0336. The van der Waals surface area contributed by atoms with E-state index < -0.39 is 5.41 Å². The summed E-state index contributed by atoms with van der Waals surface area (Å²) in [7, 11) is 0. The van der Waals surface area contributed by atoms with E-state index in [2.05, 4.69) is 5.32 Å². The van der Waals surface area contributed by atoms with Crippen molar-refractivity contribution in [3.8, 4) is 0 Å². The van der Waals surface area contributed by atoms with Crippen molar-refractivity contribution in [2.75, 3.05) is 25.1 Å². The summed E-state index contributed by atoms with van der Waals surface area (Å²) in [4.78, 5) is 11.8. The molecule has 1 fully saturated rings. The lowest BCUT2D eigenvalue weighted by Gasteiger charge is -2.38. The van der Waals surface area contributed by atoms with Gasteiger partial charge in [0.25, 0.3) is 0 Å². The lowest BCUT2D eigenvalue weighted by atomic mass is 9.85. The van der Waals surface area contributed by atoms with Gasteiger partial charge < -0.3 is 15.8 Å². The third-order valence-corrected chi connectivity index (χ3v) is 3.17. The van der Waals surface area contributed by atoms with Gasteiger partial charge in [0.2, 0.25) is 5.91 Å². The Bertz CT molecular complexity index is 314. The molecular formula is C9H12N2O2S. The second kappa shape index (κ2) is 3.68. The fourth-order valence-corrected chi connectivity index (χ4v) is 1.90. The first kappa shape index (κ1) is 9.64. The van der Waals surface area contributed by atoms with Gasteiger partial charge >= 0.3 is 0 Å². The van der Waals surface area contributed by atoms with Crippen molar-refractivity contribution in [1.82, 2.24) is 0 Å². The monoisotopic (exact) mass is 212 g/mol. The van der Waals surface area contributed by atoms with E-state index >= 15 is 0 Å². The van der Waals surface area contributed by atoms with Crippen LogP contribution >= 0.6 is 11.3 Å². The van der Waals surface area contributed by atoms with Crippen LogP contribution in [0.4, 0.5) is 5.00 Å². The van der Waals surface area contributed by atoms with Crippen LogP contribution in [0.1, 0.15) is 0 Å². The Balaban J connectivity index is 2.01. The minimum Gasteiger partial charge on any atom is -0.379 e. The normalized spacial score (nSPS) is 18.6. The van der Waals surface area contributed by atoms with Gasteiger partial charge in [-0.15, -0.1) is 11.3 Å². The van der Waals surface area contributed by atoms with Crippen LogP contribution in [0.2, 0.25) is 0 Å². The molecule has 1 amide bonds. The molecule has 0 aromatic carbocycles. The predicted molar refractivity (Wildman–Crippen MR) is 55.3 cm³/mol. The smallest absolute Gasteiger partial charge is 0.237 e. The molecule has 0 bridgehead atoms. The van der Waals surface area contributed by atoms with Gasteiger partial charge in [0.15, 0.2) is 0 Å². The molecule has 2 heterocycles. The number of ether oxygens (including phenoxy) is 1. The molecule has 3 N–H and O–H groups in total. The maximum Gasteiger partial charge on any atom is 0.237 e. The average molecular weight is 212 g/mol. The van der Waals surface area contributed by atoms with Crippen LogP contribution in [0.3, 0.4) is 0 Å². The van der Waals surface area contributed by atoms with Gasteiger partial charge in [0, 0.05) is 6.54 Å². The fourth-order valence-electron chi connectivity index (χ4n) is 1.28. The molecule has 2 rings (SSSR count). The summed E-state index contributed by atoms with van der Waals surface area (Å²) in [5.74, 6) is -0.0336. The van der Waals surface area contributed by atoms with Crippen LogP contribution in [0, 0.1) is 5.41 Å². The summed E-state index contributed by atoms with van der Waals surface area (Å²) < 4.78 is 5.03. The molecule has 4 nitrogen and oxygen atoms in total. The van der Waals surface area contributed by atoms with Crippen LogP contribution in [0.5, 0.6) is 0 Å². The Morgan fingerprint density at radius 1 is 1.71 bits per heavy atom. The Hall–Kier alpha value is -0.910. The van der Waals surface area contributed by atoms with Gasteiger partial charge in [-0.2, -0.15) is 0 Å². The highest BCUT2D eigenvalue weighted by molar-refractivity contribution is 7.14. The Morgan fingerprint density at radius 3 is 2.93 bits per heavy atom. The SMILES string of the molecule is NCC1(C(=O)Nc2cccs2)COC1. The third-order valence-electron chi connectivity index (χ3n) is 2.39. The quantitative estimate of drug-likeness (QED) is 0.773. The van der Waals surface area contributed by atoms with Gasteiger partial charge in [0.1, 0.15) is 5.41 Å². The second-order valence-corrected chi connectivity index (χ2v) is 4.36. The number of nitrogens with one attached hydrogen (secondary N) is 1. The highest BCUT2D eigenvalue weighted by Crippen LogP contribution is 2.28. The van der Waals surface area contributed by atoms with E-state index in [1.54, 1.807) is 0 Å². The van der Waals surface area contributed by atoms with Gasteiger partial charge in [-0.25, -0.2) is 0 Å².